The average Bonchev–Trinajstić information content (AvgIpc) is 2.36. The Morgan fingerprint density at radius 3 is 2.47 bits per heavy atom. The topological polar surface area (TPSA) is 35.6 Å². The van der Waals surface area contributed by atoms with E-state index in [1.165, 1.54) is 0 Å². The van der Waals surface area contributed by atoms with Crippen LogP contribution in [0.5, 0.6) is 0 Å². The molecule has 2 amide bonds. The molecule has 4 nitrogen and oxygen atoms in total. The summed E-state index contributed by atoms with van der Waals surface area (Å²) in [6, 6.07) is 8.03. The van der Waals surface area contributed by atoms with Crippen molar-refractivity contribution in [3.8, 4) is 0 Å². The summed E-state index contributed by atoms with van der Waals surface area (Å²) in [7, 11) is 2.06. The van der Waals surface area contributed by atoms with Crippen molar-refractivity contribution >= 4 is 17.4 Å². The maximum absolute atomic E-state index is 12.3. The minimum absolute atomic E-state index is 0.00419. The molecule has 0 unspecified atom stereocenters. The van der Waals surface area contributed by atoms with Gasteiger partial charge in [0.2, 0.25) is 0 Å². The van der Waals surface area contributed by atoms with Gasteiger partial charge in [-0.25, -0.2) is 4.79 Å². The summed E-state index contributed by atoms with van der Waals surface area (Å²) in [6.07, 6.45) is 0. The fourth-order valence-corrected chi connectivity index (χ4v) is 2.15. The lowest BCUT2D eigenvalue weighted by atomic mass is 9.97. The Hall–Kier alpha value is -1.71. The highest BCUT2D eigenvalue weighted by atomic mass is 16.2. The first-order chi connectivity index (χ1) is 8.88. The molecule has 0 bridgehead atoms. The molecule has 1 aromatic carbocycles. The van der Waals surface area contributed by atoms with Gasteiger partial charge in [0.15, 0.2) is 0 Å². The SMILES string of the molecule is CN1CCN(C(=O)NCC(C)(C)C)c2ccccc21. The third kappa shape index (κ3) is 3.19. The highest BCUT2D eigenvalue weighted by Crippen LogP contribution is 2.31. The van der Waals surface area contributed by atoms with E-state index >= 15 is 0 Å². The first-order valence-corrected chi connectivity index (χ1v) is 6.74. The van der Waals surface area contributed by atoms with Crippen molar-refractivity contribution in [3.05, 3.63) is 24.3 Å². The zero-order valence-corrected chi connectivity index (χ0v) is 12.2. The molecule has 1 aliphatic rings. The molecule has 1 N–H and O–H groups in total. The van der Waals surface area contributed by atoms with E-state index in [4.69, 9.17) is 0 Å². The van der Waals surface area contributed by atoms with Gasteiger partial charge in [0, 0.05) is 26.7 Å². The number of amides is 2. The Kier molecular flexibility index (Phi) is 3.69. The molecule has 1 heterocycles. The van der Waals surface area contributed by atoms with Crippen LogP contribution in [0.4, 0.5) is 16.2 Å². The van der Waals surface area contributed by atoms with Gasteiger partial charge in [-0.1, -0.05) is 32.9 Å². The van der Waals surface area contributed by atoms with Crippen LogP contribution >= 0.6 is 0 Å². The van der Waals surface area contributed by atoms with Crippen LogP contribution in [0, 0.1) is 5.41 Å². The highest BCUT2D eigenvalue weighted by molar-refractivity contribution is 5.96. The molecule has 1 aliphatic heterocycles. The number of rotatable bonds is 1. The maximum Gasteiger partial charge on any atom is 0.322 e. The van der Waals surface area contributed by atoms with E-state index in [2.05, 4.69) is 44.1 Å². The van der Waals surface area contributed by atoms with Crippen LogP contribution in [0.2, 0.25) is 0 Å². The second kappa shape index (κ2) is 5.11. The summed E-state index contributed by atoms with van der Waals surface area (Å²) in [5.41, 5.74) is 2.20. The van der Waals surface area contributed by atoms with Gasteiger partial charge in [0.05, 0.1) is 11.4 Å². The van der Waals surface area contributed by atoms with E-state index in [0.29, 0.717) is 6.54 Å². The molecule has 0 radical (unpaired) electrons. The standard InChI is InChI=1S/C15H23N3O/c1-15(2,3)11-16-14(19)18-10-9-17(4)12-7-5-6-8-13(12)18/h5-8H,9-11H2,1-4H3,(H,16,19). The lowest BCUT2D eigenvalue weighted by Crippen LogP contribution is -2.48. The molecule has 0 fully saturated rings. The molecule has 0 saturated heterocycles. The molecule has 0 spiro atoms. The van der Waals surface area contributed by atoms with Crippen molar-refractivity contribution in [1.82, 2.24) is 5.32 Å². The Bertz CT molecular complexity index is 465. The molecule has 2 rings (SSSR count). The van der Waals surface area contributed by atoms with Crippen molar-refractivity contribution in [2.24, 2.45) is 5.41 Å². The van der Waals surface area contributed by atoms with Gasteiger partial charge >= 0.3 is 6.03 Å². The van der Waals surface area contributed by atoms with E-state index in [-0.39, 0.29) is 11.4 Å². The van der Waals surface area contributed by atoms with E-state index in [1.54, 1.807) is 0 Å². The number of para-hydroxylation sites is 2. The number of nitrogens with zero attached hydrogens (tertiary/aromatic N) is 2. The van der Waals surface area contributed by atoms with Gasteiger partial charge < -0.3 is 10.2 Å². The first-order valence-electron chi connectivity index (χ1n) is 6.74. The number of urea groups is 1. The molecule has 19 heavy (non-hydrogen) atoms. The second-order valence-corrected chi connectivity index (χ2v) is 6.28. The fourth-order valence-electron chi connectivity index (χ4n) is 2.15. The average molecular weight is 261 g/mol. The summed E-state index contributed by atoms with van der Waals surface area (Å²) in [4.78, 5) is 16.3. The molecule has 104 valence electrons. The molecular formula is C15H23N3O. The van der Waals surface area contributed by atoms with Crippen LogP contribution in [-0.4, -0.2) is 32.7 Å². The Balaban J connectivity index is 2.14. The van der Waals surface area contributed by atoms with E-state index in [9.17, 15) is 4.79 Å². The minimum atomic E-state index is -0.00419. The molecule has 0 aliphatic carbocycles. The Morgan fingerprint density at radius 2 is 1.84 bits per heavy atom. The van der Waals surface area contributed by atoms with Crippen LogP contribution < -0.4 is 15.1 Å². The third-order valence-corrected chi connectivity index (χ3v) is 3.26. The molecule has 0 atom stereocenters. The summed E-state index contributed by atoms with van der Waals surface area (Å²) in [6.45, 7) is 8.62. The lowest BCUT2D eigenvalue weighted by molar-refractivity contribution is 0.241. The Morgan fingerprint density at radius 1 is 1.21 bits per heavy atom. The van der Waals surface area contributed by atoms with Crippen molar-refractivity contribution in [2.45, 2.75) is 20.8 Å². The number of fused-ring (bicyclic) bond motifs is 1. The summed E-state index contributed by atoms with van der Waals surface area (Å²) in [5, 5.41) is 3.02. The monoisotopic (exact) mass is 261 g/mol. The summed E-state index contributed by atoms with van der Waals surface area (Å²) < 4.78 is 0. The molecular weight excluding hydrogens is 238 g/mol. The molecule has 0 aromatic heterocycles. The molecule has 1 aromatic rings. The fraction of sp³-hybridized carbons (Fsp3) is 0.533. The third-order valence-electron chi connectivity index (χ3n) is 3.26. The quantitative estimate of drug-likeness (QED) is 0.843. The van der Waals surface area contributed by atoms with Crippen LogP contribution in [-0.2, 0) is 0 Å². The number of hydrogen-bond donors (Lipinski definition) is 1. The van der Waals surface area contributed by atoms with Crippen LogP contribution in [0.15, 0.2) is 24.3 Å². The van der Waals surface area contributed by atoms with Gasteiger partial charge in [-0.15, -0.1) is 0 Å². The van der Waals surface area contributed by atoms with Crippen molar-refractivity contribution in [2.75, 3.05) is 36.5 Å². The number of benzene rings is 1. The number of hydrogen-bond acceptors (Lipinski definition) is 2. The zero-order chi connectivity index (χ0) is 14.0. The summed E-state index contributed by atoms with van der Waals surface area (Å²) >= 11 is 0. The normalized spacial score (nSPS) is 15.2. The van der Waals surface area contributed by atoms with E-state index in [1.807, 2.05) is 23.1 Å². The summed E-state index contributed by atoms with van der Waals surface area (Å²) in [5.74, 6) is 0. The Labute approximate surface area is 115 Å². The minimum Gasteiger partial charge on any atom is -0.371 e. The van der Waals surface area contributed by atoms with Crippen molar-refractivity contribution < 1.29 is 4.79 Å². The number of nitrogens with one attached hydrogen (secondary N) is 1. The van der Waals surface area contributed by atoms with Gasteiger partial charge in [-0.2, -0.15) is 0 Å². The maximum atomic E-state index is 12.3. The van der Waals surface area contributed by atoms with Gasteiger partial charge in [0.25, 0.3) is 0 Å². The van der Waals surface area contributed by atoms with Crippen LogP contribution in [0.3, 0.4) is 0 Å². The highest BCUT2D eigenvalue weighted by Gasteiger charge is 2.25. The number of carbonyl (C=O) groups is 1. The van der Waals surface area contributed by atoms with Crippen LogP contribution in [0.25, 0.3) is 0 Å². The van der Waals surface area contributed by atoms with Gasteiger partial charge in [-0.05, 0) is 17.5 Å². The predicted molar refractivity (Wildman–Crippen MR) is 79.9 cm³/mol. The van der Waals surface area contributed by atoms with Crippen molar-refractivity contribution in [1.29, 1.82) is 0 Å². The predicted octanol–water partition coefficient (Wildman–Crippen LogP) is 2.70. The molecule has 4 heteroatoms. The van der Waals surface area contributed by atoms with E-state index < -0.39 is 0 Å². The zero-order valence-electron chi connectivity index (χ0n) is 12.2. The largest absolute Gasteiger partial charge is 0.371 e. The number of likely N-dealkylation sites (N-methyl/N-ethyl adjacent to an activating group) is 1. The first kappa shape index (κ1) is 13.7. The van der Waals surface area contributed by atoms with Crippen LogP contribution in [0.1, 0.15) is 20.8 Å². The second-order valence-electron chi connectivity index (χ2n) is 6.28. The van der Waals surface area contributed by atoms with Gasteiger partial charge in [-0.3, -0.25) is 4.90 Å². The number of anilines is 2. The van der Waals surface area contributed by atoms with E-state index in [0.717, 1.165) is 24.5 Å². The van der Waals surface area contributed by atoms with Gasteiger partial charge in [0.1, 0.15) is 0 Å². The number of carbonyl (C=O) groups excluding carboxylic acids is 1. The lowest BCUT2D eigenvalue weighted by Gasteiger charge is -2.36. The smallest absolute Gasteiger partial charge is 0.322 e. The molecule has 0 saturated carbocycles. The van der Waals surface area contributed by atoms with Crippen molar-refractivity contribution in [3.63, 3.8) is 0 Å².